The highest BCUT2D eigenvalue weighted by atomic mass is 14.7. The lowest BCUT2D eigenvalue weighted by Crippen LogP contribution is -2.30. The van der Waals surface area contributed by atoms with E-state index in [0.717, 1.165) is 22.5 Å². The number of pyridine rings is 2. The third kappa shape index (κ3) is 7.51. The van der Waals surface area contributed by atoms with E-state index < -0.39 is 10.8 Å². The molecule has 0 bridgehead atoms. The van der Waals surface area contributed by atoms with Crippen LogP contribution in [-0.2, 0) is 10.8 Å². The summed E-state index contributed by atoms with van der Waals surface area (Å²) in [5, 5.41) is 0. The SMILES string of the molecule is c1ccc(C2(c3cccc(C(=C(c4ccc(C5CCCCC5)cc4)c4ccc(C5CCCCC5)cc4)c4cccc(C5(c6ccccn6)c6ccccc6-c6ccccc65)c4)c3)c3ccccc3-c3ccccc32)nc1. The lowest BCUT2D eigenvalue weighted by molar-refractivity contribution is 0.443. The molecule has 2 heterocycles. The number of hydrogen-bond donors (Lipinski definition) is 0. The Morgan fingerprint density at radius 2 is 0.645 bits per heavy atom. The summed E-state index contributed by atoms with van der Waals surface area (Å²) < 4.78 is 0. The number of aromatic nitrogens is 2. The largest absolute Gasteiger partial charge is 0.260 e. The van der Waals surface area contributed by atoms with Crippen LogP contribution in [-0.4, -0.2) is 9.97 Å². The zero-order valence-electron chi connectivity index (χ0n) is 43.2. The van der Waals surface area contributed by atoms with Gasteiger partial charge in [-0.15, -0.1) is 0 Å². The summed E-state index contributed by atoms with van der Waals surface area (Å²) >= 11 is 0. The van der Waals surface area contributed by atoms with Gasteiger partial charge >= 0.3 is 0 Å². The van der Waals surface area contributed by atoms with Crippen LogP contribution in [0.3, 0.4) is 0 Å². The summed E-state index contributed by atoms with van der Waals surface area (Å²) in [6, 6.07) is 87.5. The van der Waals surface area contributed by atoms with E-state index in [1.54, 1.807) is 0 Å². The van der Waals surface area contributed by atoms with Crippen LogP contribution in [0.15, 0.2) is 243 Å². The molecule has 0 unspecified atom stereocenters. The van der Waals surface area contributed by atoms with Gasteiger partial charge in [0.1, 0.15) is 0 Å². The number of benzene rings is 8. The molecule has 0 saturated heterocycles. The third-order valence-corrected chi connectivity index (χ3v) is 18.0. The van der Waals surface area contributed by atoms with Crippen molar-refractivity contribution in [3.63, 3.8) is 0 Å². The molecule has 76 heavy (non-hydrogen) atoms. The molecule has 4 aliphatic rings. The first-order chi connectivity index (χ1) is 37.7. The normalized spacial score (nSPS) is 16.3. The standard InChI is InChI=1S/C74H62N2/c1-3-21-51(22-4-1)53-39-43-55(44-40-53)71(56-45-41-54(42-46-56)52-23-5-2-6-24-52)72(57-25-19-27-59(49-57)73(69-37-15-17-47-75-69)65-33-11-7-29-61(65)62-30-8-12-34-66(62)73)58-26-20-28-60(50-58)74(70-38-16-18-48-76-70)67-35-13-9-31-63(67)64-32-10-14-36-68(64)74/h7-20,25-52H,1-6,21-24H2. The van der Waals surface area contributed by atoms with Gasteiger partial charge in [-0.2, -0.15) is 0 Å². The maximum absolute atomic E-state index is 5.27. The highest BCUT2D eigenvalue weighted by Gasteiger charge is 2.49. The van der Waals surface area contributed by atoms with E-state index in [2.05, 4.69) is 218 Å². The van der Waals surface area contributed by atoms with Gasteiger partial charge in [0, 0.05) is 12.4 Å². The van der Waals surface area contributed by atoms with Crippen molar-refractivity contribution in [2.75, 3.05) is 0 Å². The Bertz CT molecular complexity index is 3420. The molecule has 0 spiro atoms. The van der Waals surface area contributed by atoms with E-state index in [9.17, 15) is 0 Å². The molecule has 2 heteroatoms. The Morgan fingerprint density at radius 1 is 0.303 bits per heavy atom. The van der Waals surface area contributed by atoms with Crippen LogP contribution in [0.1, 0.15) is 154 Å². The van der Waals surface area contributed by atoms with Gasteiger partial charge in [0.25, 0.3) is 0 Å². The topological polar surface area (TPSA) is 25.8 Å². The van der Waals surface area contributed by atoms with E-state index in [0.29, 0.717) is 11.8 Å². The highest BCUT2D eigenvalue weighted by Crippen LogP contribution is 2.58. The maximum Gasteiger partial charge on any atom is 0.0886 e. The molecule has 368 valence electrons. The number of nitrogens with zero attached hydrogens (tertiary/aromatic N) is 2. The van der Waals surface area contributed by atoms with E-state index in [4.69, 9.17) is 9.97 Å². The van der Waals surface area contributed by atoms with Gasteiger partial charge in [-0.25, -0.2) is 0 Å². The van der Waals surface area contributed by atoms with Gasteiger partial charge in [-0.05, 0) is 174 Å². The Labute approximate surface area is 449 Å². The fraction of sp³-hybridized carbons (Fsp3) is 0.189. The smallest absolute Gasteiger partial charge is 0.0886 e. The van der Waals surface area contributed by atoms with Gasteiger partial charge in [-0.3, -0.25) is 9.97 Å². The zero-order valence-corrected chi connectivity index (χ0v) is 43.2. The average Bonchev–Trinajstić information content (AvgIpc) is 4.00. The Balaban J connectivity index is 1.07. The van der Waals surface area contributed by atoms with Crippen LogP contribution in [0, 0.1) is 0 Å². The molecule has 2 nitrogen and oxygen atoms in total. The second kappa shape index (κ2) is 19.5. The summed E-state index contributed by atoms with van der Waals surface area (Å²) in [6.07, 6.45) is 16.9. The van der Waals surface area contributed by atoms with Crippen molar-refractivity contribution in [1.82, 2.24) is 9.97 Å². The molecule has 0 radical (unpaired) electrons. The van der Waals surface area contributed by atoms with Gasteiger partial charge < -0.3 is 0 Å². The average molecular weight is 979 g/mol. The molecule has 4 aliphatic carbocycles. The molecule has 2 aromatic heterocycles. The molecule has 10 aromatic rings. The molecule has 0 amide bonds. The first-order valence-corrected chi connectivity index (χ1v) is 28.1. The molecule has 0 aliphatic heterocycles. The molecule has 0 N–H and O–H groups in total. The van der Waals surface area contributed by atoms with Crippen LogP contribution >= 0.6 is 0 Å². The van der Waals surface area contributed by atoms with Gasteiger partial charge in [-0.1, -0.05) is 233 Å². The van der Waals surface area contributed by atoms with E-state index in [-0.39, 0.29) is 0 Å². The third-order valence-electron chi connectivity index (χ3n) is 18.0. The number of hydrogen-bond acceptors (Lipinski definition) is 2. The molecule has 2 fully saturated rings. The lowest BCUT2D eigenvalue weighted by Gasteiger charge is -2.34. The molecule has 8 aromatic carbocycles. The summed E-state index contributed by atoms with van der Waals surface area (Å²) in [7, 11) is 0. The Kier molecular flexibility index (Phi) is 11.9. The summed E-state index contributed by atoms with van der Waals surface area (Å²) in [6.45, 7) is 0. The highest BCUT2D eigenvalue weighted by molar-refractivity contribution is 6.05. The lowest BCUT2D eigenvalue weighted by atomic mass is 9.68. The molecular formula is C74H62N2. The fourth-order valence-electron chi connectivity index (χ4n) is 14.6. The van der Waals surface area contributed by atoms with Crippen LogP contribution in [0.4, 0.5) is 0 Å². The molecule has 2 saturated carbocycles. The minimum Gasteiger partial charge on any atom is -0.260 e. The summed E-state index contributed by atoms with van der Waals surface area (Å²) in [5.41, 5.74) is 23.3. The van der Waals surface area contributed by atoms with Crippen molar-refractivity contribution in [2.45, 2.75) is 86.9 Å². The van der Waals surface area contributed by atoms with E-state index >= 15 is 0 Å². The van der Waals surface area contributed by atoms with Gasteiger partial charge in [0.05, 0.1) is 22.2 Å². The summed E-state index contributed by atoms with van der Waals surface area (Å²) in [5.74, 6) is 1.22. The van der Waals surface area contributed by atoms with Crippen molar-refractivity contribution in [3.8, 4) is 22.3 Å². The predicted octanol–water partition coefficient (Wildman–Crippen LogP) is 18.3. The first kappa shape index (κ1) is 46.3. The monoisotopic (exact) mass is 978 g/mol. The summed E-state index contributed by atoms with van der Waals surface area (Å²) in [4.78, 5) is 10.5. The van der Waals surface area contributed by atoms with Crippen molar-refractivity contribution in [2.24, 2.45) is 0 Å². The van der Waals surface area contributed by atoms with Crippen LogP contribution in [0.25, 0.3) is 33.4 Å². The zero-order chi connectivity index (χ0) is 50.5. The molecule has 14 rings (SSSR count). The van der Waals surface area contributed by atoms with Crippen LogP contribution < -0.4 is 0 Å². The minimum absolute atomic E-state index is 0.609. The molecule has 0 atom stereocenters. The van der Waals surface area contributed by atoms with E-state index in [1.807, 2.05) is 24.5 Å². The van der Waals surface area contributed by atoms with Crippen LogP contribution in [0.2, 0.25) is 0 Å². The van der Waals surface area contributed by atoms with Gasteiger partial charge in [0.2, 0.25) is 0 Å². The second-order valence-corrected chi connectivity index (χ2v) is 21.9. The number of rotatable bonds is 10. The van der Waals surface area contributed by atoms with Crippen molar-refractivity contribution in [3.05, 3.63) is 321 Å². The fourth-order valence-corrected chi connectivity index (χ4v) is 14.6. The number of fused-ring (bicyclic) bond motifs is 6. The minimum atomic E-state index is -0.666. The quantitative estimate of drug-likeness (QED) is 0.128. The van der Waals surface area contributed by atoms with Crippen molar-refractivity contribution < 1.29 is 0 Å². The van der Waals surface area contributed by atoms with Crippen LogP contribution in [0.5, 0.6) is 0 Å². The Morgan fingerprint density at radius 3 is 1.00 bits per heavy atom. The van der Waals surface area contributed by atoms with Gasteiger partial charge in [0.15, 0.2) is 0 Å². The predicted molar refractivity (Wildman–Crippen MR) is 313 cm³/mol. The molecular weight excluding hydrogens is 917 g/mol. The first-order valence-electron chi connectivity index (χ1n) is 28.1. The van der Waals surface area contributed by atoms with E-state index in [1.165, 1.54) is 153 Å². The Hall–Kier alpha value is -8.20. The maximum atomic E-state index is 5.27. The van der Waals surface area contributed by atoms with Crippen molar-refractivity contribution >= 4 is 11.1 Å². The second-order valence-electron chi connectivity index (χ2n) is 21.9. The van der Waals surface area contributed by atoms with Crippen molar-refractivity contribution in [1.29, 1.82) is 0 Å².